The summed E-state index contributed by atoms with van der Waals surface area (Å²) in [5, 5.41) is 0. The Balaban J connectivity index is 1.81. The first kappa shape index (κ1) is 12.8. The zero-order valence-corrected chi connectivity index (χ0v) is 11.1. The number of imide groups is 1. The summed E-state index contributed by atoms with van der Waals surface area (Å²) in [6, 6.07) is -0.400. The van der Waals surface area contributed by atoms with Gasteiger partial charge in [0.05, 0.1) is 24.0 Å². The van der Waals surface area contributed by atoms with Gasteiger partial charge in [0.25, 0.3) is 0 Å². The summed E-state index contributed by atoms with van der Waals surface area (Å²) >= 11 is 0. The Morgan fingerprint density at radius 3 is 2.32 bits per heavy atom. The first-order chi connectivity index (χ1) is 9.15. The zero-order valence-electron chi connectivity index (χ0n) is 11.1. The lowest BCUT2D eigenvalue weighted by molar-refractivity contribution is -0.154. The number of hydrogen-bond donors (Lipinski definition) is 1. The number of carbonyl (C=O) groups excluding carboxylic acids is 2. The molecule has 5 atom stereocenters. The van der Waals surface area contributed by atoms with E-state index in [1.54, 1.807) is 0 Å². The second-order valence-electron chi connectivity index (χ2n) is 5.59. The number of likely N-dealkylation sites (tertiary alicyclic amines) is 1. The van der Waals surface area contributed by atoms with Crippen molar-refractivity contribution in [2.45, 2.75) is 44.4 Å². The molecule has 2 amide bonds. The lowest BCUT2D eigenvalue weighted by Crippen LogP contribution is -2.66. The highest BCUT2D eigenvalue weighted by Gasteiger charge is 2.55. The molecule has 104 valence electrons. The number of rotatable bonds is 3. The van der Waals surface area contributed by atoms with Gasteiger partial charge in [0.2, 0.25) is 11.8 Å². The molecule has 0 spiro atoms. The van der Waals surface area contributed by atoms with Crippen LogP contribution in [0.3, 0.4) is 0 Å². The fourth-order valence-electron chi connectivity index (χ4n) is 3.49. The average Bonchev–Trinajstić information content (AvgIpc) is 2.65. The van der Waals surface area contributed by atoms with Crippen LogP contribution in [0.1, 0.15) is 26.2 Å². The van der Waals surface area contributed by atoms with Crippen molar-refractivity contribution in [2.24, 2.45) is 17.6 Å². The van der Waals surface area contributed by atoms with Crippen LogP contribution in [0.25, 0.3) is 0 Å². The van der Waals surface area contributed by atoms with Gasteiger partial charge < -0.3 is 10.5 Å². The van der Waals surface area contributed by atoms with E-state index in [0.29, 0.717) is 19.4 Å². The Kier molecular flexibility index (Phi) is 3.19. The number of hydrogen-bond acceptors (Lipinski definition) is 4. The average molecular weight is 264 g/mol. The minimum absolute atomic E-state index is 0.0517. The molecule has 3 rings (SSSR count). The third-order valence-corrected chi connectivity index (χ3v) is 4.54. The fraction of sp³-hybridized carbons (Fsp3) is 0.714. The molecule has 0 aromatic heterocycles. The predicted octanol–water partition coefficient (Wildman–Crippen LogP) is 0.442. The van der Waals surface area contributed by atoms with Crippen molar-refractivity contribution in [2.75, 3.05) is 6.61 Å². The molecule has 5 heteroatoms. The maximum absolute atomic E-state index is 12.4. The molecule has 3 aliphatic rings. The molecule has 0 aromatic carbocycles. The molecule has 2 N–H and O–H groups in total. The van der Waals surface area contributed by atoms with Crippen LogP contribution in [0.4, 0.5) is 0 Å². The molecule has 5 nitrogen and oxygen atoms in total. The number of nitrogens with zero attached hydrogens (tertiary/aromatic N) is 1. The van der Waals surface area contributed by atoms with E-state index in [4.69, 9.17) is 10.5 Å². The van der Waals surface area contributed by atoms with Crippen molar-refractivity contribution in [1.29, 1.82) is 0 Å². The van der Waals surface area contributed by atoms with Crippen molar-refractivity contribution in [3.8, 4) is 0 Å². The van der Waals surface area contributed by atoms with E-state index in [0.717, 1.165) is 6.42 Å². The van der Waals surface area contributed by atoms with Crippen LogP contribution < -0.4 is 5.73 Å². The van der Waals surface area contributed by atoms with Crippen LogP contribution in [0.15, 0.2) is 12.2 Å². The minimum atomic E-state index is -0.259. The highest BCUT2D eigenvalue weighted by molar-refractivity contribution is 6.06. The Labute approximate surface area is 112 Å². The standard InChI is InChI=1S/C14H20N2O3/c1-2-19-11-7-10(15)12(11)16-13(17)8-5-3-4-6-9(8)14(16)18/h3-4,8-12H,2,5-7,15H2,1H3. The van der Waals surface area contributed by atoms with Crippen LogP contribution in [0, 0.1) is 11.8 Å². The fourth-order valence-corrected chi connectivity index (χ4v) is 3.49. The molecule has 2 aliphatic carbocycles. The molecule has 1 heterocycles. The lowest BCUT2D eigenvalue weighted by atomic mass is 9.82. The highest BCUT2D eigenvalue weighted by atomic mass is 16.5. The summed E-state index contributed by atoms with van der Waals surface area (Å²) in [5.74, 6) is -0.450. The zero-order chi connectivity index (χ0) is 13.6. The van der Waals surface area contributed by atoms with Gasteiger partial charge in [-0.15, -0.1) is 0 Å². The van der Waals surface area contributed by atoms with Gasteiger partial charge in [0.15, 0.2) is 0 Å². The third kappa shape index (κ3) is 1.83. The third-order valence-electron chi connectivity index (χ3n) is 4.54. The summed E-state index contributed by atoms with van der Waals surface area (Å²) in [5.41, 5.74) is 6.00. The highest BCUT2D eigenvalue weighted by Crippen LogP contribution is 2.40. The second kappa shape index (κ2) is 4.72. The van der Waals surface area contributed by atoms with Crippen LogP contribution in [-0.2, 0) is 14.3 Å². The Bertz CT molecular complexity index is 406. The smallest absolute Gasteiger partial charge is 0.233 e. The lowest BCUT2D eigenvalue weighted by Gasteiger charge is -2.46. The molecule has 1 saturated carbocycles. The van der Waals surface area contributed by atoms with Crippen LogP contribution >= 0.6 is 0 Å². The molecule has 2 fully saturated rings. The summed E-state index contributed by atoms with van der Waals surface area (Å²) < 4.78 is 5.58. The molecule has 0 radical (unpaired) electrons. The maximum atomic E-state index is 12.4. The van der Waals surface area contributed by atoms with Gasteiger partial charge in [0, 0.05) is 12.6 Å². The largest absolute Gasteiger partial charge is 0.376 e. The van der Waals surface area contributed by atoms with Gasteiger partial charge in [0.1, 0.15) is 0 Å². The molecule has 19 heavy (non-hydrogen) atoms. The predicted molar refractivity (Wildman–Crippen MR) is 69.0 cm³/mol. The van der Waals surface area contributed by atoms with Crippen molar-refractivity contribution < 1.29 is 14.3 Å². The summed E-state index contributed by atoms with van der Waals surface area (Å²) in [6.07, 6.45) is 5.98. The van der Waals surface area contributed by atoms with E-state index in [9.17, 15) is 9.59 Å². The van der Waals surface area contributed by atoms with Gasteiger partial charge in [-0.3, -0.25) is 14.5 Å². The first-order valence-electron chi connectivity index (χ1n) is 7.04. The van der Waals surface area contributed by atoms with Crippen molar-refractivity contribution in [3.63, 3.8) is 0 Å². The number of carbonyl (C=O) groups is 2. The van der Waals surface area contributed by atoms with E-state index < -0.39 is 0 Å². The van der Waals surface area contributed by atoms with E-state index in [1.165, 1.54) is 4.90 Å². The number of nitrogens with two attached hydrogens (primary N) is 1. The number of amides is 2. The minimum Gasteiger partial charge on any atom is -0.376 e. The van der Waals surface area contributed by atoms with E-state index >= 15 is 0 Å². The van der Waals surface area contributed by atoms with Crippen molar-refractivity contribution in [3.05, 3.63) is 12.2 Å². The van der Waals surface area contributed by atoms with Gasteiger partial charge in [-0.2, -0.15) is 0 Å². The number of fused-ring (bicyclic) bond motifs is 1. The molecule has 0 aromatic rings. The van der Waals surface area contributed by atoms with E-state index in [1.807, 2.05) is 19.1 Å². The summed E-state index contributed by atoms with van der Waals surface area (Å²) in [4.78, 5) is 26.3. The number of ether oxygens (including phenoxy) is 1. The van der Waals surface area contributed by atoms with Gasteiger partial charge >= 0.3 is 0 Å². The topological polar surface area (TPSA) is 72.6 Å². The first-order valence-corrected chi connectivity index (χ1v) is 7.04. The quantitative estimate of drug-likeness (QED) is 0.593. The van der Waals surface area contributed by atoms with Gasteiger partial charge in [-0.05, 0) is 26.2 Å². The SMILES string of the molecule is CCOC1CC(N)C1N1C(=O)C2CC=CCC2C1=O. The molecule has 5 unspecified atom stereocenters. The molecule has 1 aliphatic heterocycles. The Morgan fingerprint density at radius 2 is 1.84 bits per heavy atom. The maximum Gasteiger partial charge on any atom is 0.233 e. The second-order valence-corrected chi connectivity index (χ2v) is 5.59. The molecular formula is C14H20N2O3. The normalized spacial score (nSPS) is 41.4. The van der Waals surface area contributed by atoms with Crippen LogP contribution in [0.2, 0.25) is 0 Å². The monoisotopic (exact) mass is 264 g/mol. The Morgan fingerprint density at radius 1 is 1.26 bits per heavy atom. The van der Waals surface area contributed by atoms with Gasteiger partial charge in [-0.1, -0.05) is 12.2 Å². The van der Waals surface area contributed by atoms with Crippen molar-refractivity contribution >= 4 is 11.8 Å². The molecule has 0 bridgehead atoms. The summed E-state index contributed by atoms with van der Waals surface area (Å²) in [6.45, 7) is 2.50. The van der Waals surface area contributed by atoms with Crippen LogP contribution in [-0.4, -0.2) is 41.5 Å². The van der Waals surface area contributed by atoms with E-state index in [2.05, 4.69) is 0 Å². The number of allylic oxidation sites excluding steroid dienone is 2. The molecular weight excluding hydrogens is 244 g/mol. The summed E-state index contributed by atoms with van der Waals surface area (Å²) in [7, 11) is 0. The van der Waals surface area contributed by atoms with Gasteiger partial charge in [-0.25, -0.2) is 0 Å². The Hall–Kier alpha value is -1.20. The van der Waals surface area contributed by atoms with Crippen LogP contribution in [0.5, 0.6) is 0 Å². The van der Waals surface area contributed by atoms with Crippen molar-refractivity contribution in [1.82, 2.24) is 4.90 Å². The van der Waals surface area contributed by atoms with E-state index in [-0.39, 0.29) is 41.8 Å². The molecule has 1 saturated heterocycles.